The van der Waals surface area contributed by atoms with Crippen LogP contribution in [0.25, 0.3) is 87.6 Å². The third-order valence-electron chi connectivity index (χ3n) is 15.0. The maximum Gasteiger partial charge on any atom is 0.0278 e. The van der Waals surface area contributed by atoms with Crippen molar-refractivity contribution in [3.63, 3.8) is 0 Å². The lowest BCUT2D eigenvalue weighted by Crippen LogP contribution is -2.55. The van der Waals surface area contributed by atoms with Crippen LogP contribution in [0, 0.1) is 23.7 Å². The molecule has 0 amide bonds. The molecule has 9 aromatic rings. The zero-order valence-electron chi connectivity index (χ0n) is 31.5. The van der Waals surface area contributed by atoms with E-state index >= 15 is 0 Å². The summed E-state index contributed by atoms with van der Waals surface area (Å²) in [5.74, 6) is 3.33. The summed E-state index contributed by atoms with van der Waals surface area (Å²) in [6, 6.07) is 64.8. The fourth-order valence-corrected chi connectivity index (χ4v) is 13.1. The van der Waals surface area contributed by atoms with Gasteiger partial charge in [0.2, 0.25) is 0 Å². The van der Waals surface area contributed by atoms with E-state index in [1.54, 1.807) is 11.1 Å². The highest BCUT2D eigenvalue weighted by Crippen LogP contribution is 2.70. The molecule has 4 fully saturated rings. The number of benzene rings is 9. The molecule has 0 radical (unpaired) electrons. The number of fused-ring (bicyclic) bond motifs is 8. The maximum atomic E-state index is 2.61. The van der Waals surface area contributed by atoms with Crippen LogP contribution >= 0.6 is 0 Å². The van der Waals surface area contributed by atoms with E-state index in [4.69, 9.17) is 0 Å². The monoisotopic (exact) mass is 714 g/mol. The van der Waals surface area contributed by atoms with E-state index in [-0.39, 0.29) is 5.41 Å². The second kappa shape index (κ2) is 11.5. The zero-order valence-corrected chi connectivity index (χ0v) is 31.5. The molecule has 56 heavy (non-hydrogen) atoms. The first-order valence-corrected chi connectivity index (χ1v) is 20.9. The van der Waals surface area contributed by atoms with Gasteiger partial charge in [0, 0.05) is 5.41 Å². The number of hydrogen-bond donors (Lipinski definition) is 0. The van der Waals surface area contributed by atoms with Gasteiger partial charge in [-0.05, 0) is 167 Å². The molecule has 266 valence electrons. The Morgan fingerprint density at radius 3 is 1.50 bits per heavy atom. The van der Waals surface area contributed by atoms with Crippen LogP contribution in [0.5, 0.6) is 0 Å². The Bertz CT molecular complexity index is 3000. The summed E-state index contributed by atoms with van der Waals surface area (Å²) in [7, 11) is 0. The average molecular weight is 715 g/mol. The molecule has 5 aliphatic carbocycles. The third-order valence-corrected chi connectivity index (χ3v) is 15.0. The SMILES string of the molecule is c1ccc2cc(-c3ccc(-c4c5ccccc5c(-c5ccc6c(c5)-c5ccc7ccccc7c5C65C6CC7CC(C6)CC5C7)c5ccccc45)cc3)ccc2c1. The Morgan fingerprint density at radius 2 is 0.839 bits per heavy atom. The van der Waals surface area contributed by atoms with Crippen molar-refractivity contribution in [3.8, 4) is 44.5 Å². The highest BCUT2D eigenvalue weighted by atomic mass is 14.6. The van der Waals surface area contributed by atoms with Crippen molar-refractivity contribution in [2.24, 2.45) is 23.7 Å². The molecule has 0 heteroatoms. The largest absolute Gasteiger partial charge is 0.0616 e. The molecule has 4 saturated carbocycles. The lowest BCUT2D eigenvalue weighted by molar-refractivity contribution is -0.0393. The van der Waals surface area contributed by atoms with Crippen LogP contribution in [0.15, 0.2) is 170 Å². The van der Waals surface area contributed by atoms with Gasteiger partial charge in [-0.25, -0.2) is 0 Å². The van der Waals surface area contributed by atoms with Crippen molar-refractivity contribution in [1.29, 1.82) is 0 Å². The standard InChI is InChI=1S/C56H42/c1-2-11-40-32-41(22-19-36(40)9-1)37-17-20-39(21-18-37)53-46-13-5-7-15-48(46)54(49-16-8-6-14-47(49)53)42-24-26-52-51(33-42)50-25-23-38-10-3-4-12-45(38)55(50)56(52)43-28-34-27-35(30-43)31-44(56)29-34/h1-26,32-35,43-44H,27-31H2. The minimum absolute atomic E-state index is 0.129. The van der Waals surface area contributed by atoms with E-state index < -0.39 is 0 Å². The average Bonchev–Trinajstić information content (AvgIpc) is 3.55. The van der Waals surface area contributed by atoms with Crippen molar-refractivity contribution >= 4 is 43.1 Å². The van der Waals surface area contributed by atoms with Gasteiger partial charge in [-0.2, -0.15) is 0 Å². The Kier molecular flexibility index (Phi) is 6.43. The Morgan fingerprint density at radius 1 is 0.339 bits per heavy atom. The van der Waals surface area contributed by atoms with Gasteiger partial charge < -0.3 is 0 Å². The predicted octanol–water partition coefficient (Wildman–Crippen LogP) is 15.0. The first kappa shape index (κ1) is 31.2. The smallest absolute Gasteiger partial charge is 0.0278 e. The van der Waals surface area contributed by atoms with Crippen LogP contribution in [0.3, 0.4) is 0 Å². The lowest BCUT2D eigenvalue weighted by Gasteiger charge is -2.61. The van der Waals surface area contributed by atoms with Crippen molar-refractivity contribution in [2.45, 2.75) is 37.5 Å². The molecule has 0 N–H and O–H groups in total. The Balaban J connectivity index is 1.01. The molecule has 0 nitrogen and oxygen atoms in total. The Labute approximate surface area is 328 Å². The highest BCUT2D eigenvalue weighted by Gasteiger charge is 2.62. The van der Waals surface area contributed by atoms with Crippen LogP contribution in [-0.2, 0) is 5.41 Å². The summed E-state index contributed by atoms with van der Waals surface area (Å²) >= 11 is 0. The second-order valence-electron chi connectivity index (χ2n) is 17.6. The minimum atomic E-state index is 0.129. The molecule has 5 aliphatic rings. The summed E-state index contributed by atoms with van der Waals surface area (Å²) in [5.41, 5.74) is 14.1. The second-order valence-corrected chi connectivity index (χ2v) is 17.6. The van der Waals surface area contributed by atoms with Gasteiger partial charge in [0.15, 0.2) is 0 Å². The summed E-state index contributed by atoms with van der Waals surface area (Å²) in [5, 5.41) is 10.7. The first-order chi connectivity index (χ1) is 27.7. The fraction of sp³-hybridized carbons (Fsp3) is 0.179. The molecule has 1 spiro atoms. The van der Waals surface area contributed by atoms with E-state index in [0.29, 0.717) is 0 Å². The van der Waals surface area contributed by atoms with Gasteiger partial charge >= 0.3 is 0 Å². The molecular formula is C56H42. The molecule has 9 aromatic carbocycles. The molecule has 0 atom stereocenters. The van der Waals surface area contributed by atoms with E-state index in [2.05, 4.69) is 170 Å². The van der Waals surface area contributed by atoms with Gasteiger partial charge in [0.1, 0.15) is 0 Å². The molecule has 0 unspecified atom stereocenters. The quantitative estimate of drug-likeness (QED) is 0.160. The molecule has 0 heterocycles. The van der Waals surface area contributed by atoms with Crippen LogP contribution in [0.2, 0.25) is 0 Å². The van der Waals surface area contributed by atoms with Gasteiger partial charge in [0.05, 0.1) is 0 Å². The van der Waals surface area contributed by atoms with Crippen molar-refractivity contribution in [2.75, 3.05) is 0 Å². The lowest BCUT2D eigenvalue weighted by atomic mass is 9.43. The fourth-order valence-electron chi connectivity index (χ4n) is 13.1. The summed E-state index contributed by atoms with van der Waals surface area (Å²) in [6.45, 7) is 0. The number of rotatable bonds is 3. The topological polar surface area (TPSA) is 0 Å². The molecule has 0 aromatic heterocycles. The third kappa shape index (κ3) is 4.20. The normalized spacial score (nSPS) is 23.1. The molecular weight excluding hydrogens is 673 g/mol. The van der Waals surface area contributed by atoms with Crippen molar-refractivity contribution in [3.05, 3.63) is 181 Å². The van der Waals surface area contributed by atoms with Gasteiger partial charge in [-0.15, -0.1) is 0 Å². The molecule has 4 bridgehead atoms. The van der Waals surface area contributed by atoms with Crippen LogP contribution in [-0.4, -0.2) is 0 Å². The number of hydrogen-bond acceptors (Lipinski definition) is 0. The van der Waals surface area contributed by atoms with Crippen molar-refractivity contribution in [1.82, 2.24) is 0 Å². The highest BCUT2D eigenvalue weighted by molar-refractivity contribution is 6.21. The Hall–Kier alpha value is -5.98. The first-order valence-electron chi connectivity index (χ1n) is 20.9. The minimum Gasteiger partial charge on any atom is -0.0616 e. The van der Waals surface area contributed by atoms with Gasteiger partial charge in [-0.3, -0.25) is 0 Å². The van der Waals surface area contributed by atoms with Crippen molar-refractivity contribution < 1.29 is 0 Å². The van der Waals surface area contributed by atoms with E-state index in [9.17, 15) is 0 Å². The predicted molar refractivity (Wildman–Crippen MR) is 236 cm³/mol. The van der Waals surface area contributed by atoms with Gasteiger partial charge in [-0.1, -0.05) is 158 Å². The summed E-state index contributed by atoms with van der Waals surface area (Å²) < 4.78 is 0. The van der Waals surface area contributed by atoms with E-state index in [1.807, 2.05) is 0 Å². The zero-order chi connectivity index (χ0) is 36.5. The van der Waals surface area contributed by atoms with E-state index in [1.165, 1.54) is 120 Å². The maximum absolute atomic E-state index is 2.61. The van der Waals surface area contributed by atoms with Crippen LogP contribution in [0.1, 0.15) is 43.2 Å². The molecule has 14 rings (SSSR count). The van der Waals surface area contributed by atoms with Crippen LogP contribution < -0.4 is 0 Å². The summed E-state index contributed by atoms with van der Waals surface area (Å²) in [4.78, 5) is 0. The molecule has 0 saturated heterocycles. The van der Waals surface area contributed by atoms with E-state index in [0.717, 1.165) is 23.7 Å². The molecule has 0 aliphatic heterocycles. The van der Waals surface area contributed by atoms with Crippen LogP contribution in [0.4, 0.5) is 0 Å². The van der Waals surface area contributed by atoms with Gasteiger partial charge in [0.25, 0.3) is 0 Å². The summed E-state index contributed by atoms with van der Waals surface area (Å²) in [6.07, 6.45) is 7.07.